The second-order valence-electron chi connectivity index (χ2n) is 6.94. The molecule has 0 saturated carbocycles. The Balaban J connectivity index is 1.32. The Morgan fingerprint density at radius 2 is 1.68 bits per heavy atom. The molecule has 2 aromatic carbocycles. The third-order valence-corrected chi connectivity index (χ3v) is 5.09. The van der Waals surface area contributed by atoms with Crippen LogP contribution < -0.4 is 15.0 Å². The number of carbonyl (C=O) groups excluding carboxylic acids is 1. The van der Waals surface area contributed by atoms with Gasteiger partial charge in [-0.2, -0.15) is 0 Å². The molecule has 1 amide bonds. The summed E-state index contributed by atoms with van der Waals surface area (Å²) < 4.78 is 18.1. The predicted octanol–water partition coefficient (Wildman–Crippen LogP) is 2.71. The number of nitrogens with one attached hydrogen (secondary N) is 1. The molecule has 0 bridgehead atoms. The van der Waals surface area contributed by atoms with E-state index in [4.69, 9.17) is 4.74 Å². The molecule has 3 rings (SSSR count). The van der Waals surface area contributed by atoms with Crippen LogP contribution in [0.15, 0.2) is 48.5 Å². The lowest BCUT2D eigenvalue weighted by molar-refractivity contribution is -0.131. The SMILES string of the molecule is COc1ccc(N2CCN(C(=O)CCNCCc3ccc(F)cc3)CC2)cc1. The average Bonchev–Trinajstić information content (AvgIpc) is 2.75. The lowest BCUT2D eigenvalue weighted by Gasteiger charge is -2.36. The maximum Gasteiger partial charge on any atom is 0.223 e. The quantitative estimate of drug-likeness (QED) is 0.710. The maximum absolute atomic E-state index is 12.9. The van der Waals surface area contributed by atoms with Gasteiger partial charge in [0.05, 0.1) is 7.11 Å². The number of nitrogens with zero attached hydrogens (tertiary/aromatic N) is 2. The van der Waals surface area contributed by atoms with Crippen LogP contribution in [0.4, 0.5) is 10.1 Å². The van der Waals surface area contributed by atoms with Gasteiger partial charge in [-0.05, 0) is 54.9 Å². The molecule has 1 heterocycles. The van der Waals surface area contributed by atoms with E-state index in [1.165, 1.54) is 12.1 Å². The first-order chi connectivity index (χ1) is 13.7. The van der Waals surface area contributed by atoms with Crippen molar-refractivity contribution in [1.29, 1.82) is 0 Å². The van der Waals surface area contributed by atoms with Gasteiger partial charge in [0, 0.05) is 44.8 Å². The number of rotatable bonds is 8. The van der Waals surface area contributed by atoms with Crippen molar-refractivity contribution in [3.05, 3.63) is 59.9 Å². The summed E-state index contributed by atoms with van der Waals surface area (Å²) in [7, 11) is 1.66. The number of amides is 1. The average molecular weight is 385 g/mol. The number of anilines is 1. The first kappa shape index (κ1) is 20.1. The molecule has 0 aromatic heterocycles. The van der Waals surface area contributed by atoms with E-state index in [9.17, 15) is 9.18 Å². The van der Waals surface area contributed by atoms with E-state index >= 15 is 0 Å². The van der Waals surface area contributed by atoms with Gasteiger partial charge in [0.25, 0.3) is 0 Å². The van der Waals surface area contributed by atoms with E-state index in [0.717, 1.165) is 56.1 Å². The molecule has 0 atom stereocenters. The van der Waals surface area contributed by atoms with Crippen LogP contribution in [0.2, 0.25) is 0 Å². The smallest absolute Gasteiger partial charge is 0.223 e. The van der Waals surface area contributed by atoms with Gasteiger partial charge in [0.15, 0.2) is 0 Å². The zero-order valence-corrected chi connectivity index (χ0v) is 16.4. The molecule has 6 heteroatoms. The van der Waals surface area contributed by atoms with Crippen molar-refractivity contribution >= 4 is 11.6 Å². The number of methoxy groups -OCH3 is 1. The van der Waals surface area contributed by atoms with Gasteiger partial charge >= 0.3 is 0 Å². The standard InChI is InChI=1S/C22H28FN3O2/c1-28-21-8-6-20(7-9-21)25-14-16-26(17-15-25)22(27)11-13-24-12-10-18-2-4-19(23)5-3-18/h2-9,24H,10-17H2,1H3. The Bertz CT molecular complexity index is 741. The van der Waals surface area contributed by atoms with Crippen LogP contribution in [0.25, 0.3) is 0 Å². The minimum Gasteiger partial charge on any atom is -0.497 e. The van der Waals surface area contributed by atoms with Crippen LogP contribution in [-0.4, -0.2) is 57.2 Å². The highest BCUT2D eigenvalue weighted by molar-refractivity contribution is 5.76. The van der Waals surface area contributed by atoms with Gasteiger partial charge in [-0.1, -0.05) is 12.1 Å². The highest BCUT2D eigenvalue weighted by Gasteiger charge is 2.20. The fraction of sp³-hybridized carbons (Fsp3) is 0.409. The number of ether oxygens (including phenoxy) is 1. The van der Waals surface area contributed by atoms with Crippen molar-refractivity contribution in [3.63, 3.8) is 0 Å². The molecule has 1 aliphatic heterocycles. The van der Waals surface area contributed by atoms with E-state index in [1.54, 1.807) is 19.2 Å². The van der Waals surface area contributed by atoms with Crippen LogP contribution in [-0.2, 0) is 11.2 Å². The summed E-state index contributed by atoms with van der Waals surface area (Å²) in [6.07, 6.45) is 1.33. The molecule has 1 fully saturated rings. The monoisotopic (exact) mass is 385 g/mol. The molecule has 1 aliphatic rings. The largest absolute Gasteiger partial charge is 0.497 e. The Morgan fingerprint density at radius 1 is 1.00 bits per heavy atom. The molecule has 0 aliphatic carbocycles. The molecular weight excluding hydrogens is 357 g/mol. The summed E-state index contributed by atoms with van der Waals surface area (Å²) in [5, 5.41) is 3.30. The molecular formula is C22H28FN3O2. The molecule has 150 valence electrons. The van der Waals surface area contributed by atoms with Crippen LogP contribution in [0.5, 0.6) is 5.75 Å². The molecule has 1 saturated heterocycles. The van der Waals surface area contributed by atoms with Gasteiger partial charge in [-0.3, -0.25) is 4.79 Å². The van der Waals surface area contributed by atoms with E-state index in [2.05, 4.69) is 22.3 Å². The second kappa shape index (κ2) is 10.1. The minimum absolute atomic E-state index is 0.198. The van der Waals surface area contributed by atoms with Gasteiger partial charge in [0.1, 0.15) is 11.6 Å². The Morgan fingerprint density at radius 3 is 2.32 bits per heavy atom. The molecule has 2 aromatic rings. The number of benzene rings is 2. The van der Waals surface area contributed by atoms with Crippen LogP contribution in [0, 0.1) is 5.82 Å². The number of carbonyl (C=O) groups is 1. The highest BCUT2D eigenvalue weighted by Crippen LogP contribution is 2.20. The van der Waals surface area contributed by atoms with Crippen molar-refractivity contribution in [3.8, 4) is 5.75 Å². The summed E-state index contributed by atoms with van der Waals surface area (Å²) >= 11 is 0. The van der Waals surface area contributed by atoms with Crippen molar-refractivity contribution in [2.45, 2.75) is 12.8 Å². The fourth-order valence-electron chi connectivity index (χ4n) is 3.37. The van der Waals surface area contributed by atoms with E-state index in [-0.39, 0.29) is 11.7 Å². The first-order valence-electron chi connectivity index (χ1n) is 9.77. The van der Waals surface area contributed by atoms with Crippen LogP contribution >= 0.6 is 0 Å². The third kappa shape index (κ3) is 5.70. The van der Waals surface area contributed by atoms with Crippen molar-refractivity contribution in [2.24, 2.45) is 0 Å². The summed E-state index contributed by atoms with van der Waals surface area (Å²) in [5.74, 6) is 0.836. The van der Waals surface area contributed by atoms with Gasteiger partial charge in [0.2, 0.25) is 5.91 Å². The van der Waals surface area contributed by atoms with E-state index in [1.807, 2.05) is 17.0 Å². The number of piperazine rings is 1. The zero-order valence-electron chi connectivity index (χ0n) is 16.4. The topological polar surface area (TPSA) is 44.8 Å². The van der Waals surface area contributed by atoms with Gasteiger partial charge in [-0.15, -0.1) is 0 Å². The molecule has 0 radical (unpaired) electrons. The summed E-state index contributed by atoms with van der Waals surface area (Å²) in [6, 6.07) is 14.6. The second-order valence-corrected chi connectivity index (χ2v) is 6.94. The lowest BCUT2D eigenvalue weighted by Crippen LogP contribution is -2.49. The van der Waals surface area contributed by atoms with Crippen molar-refractivity contribution < 1.29 is 13.9 Å². The molecule has 1 N–H and O–H groups in total. The normalized spacial score (nSPS) is 14.2. The molecule has 0 spiro atoms. The summed E-state index contributed by atoms with van der Waals surface area (Å²) in [4.78, 5) is 16.6. The number of hydrogen-bond acceptors (Lipinski definition) is 4. The third-order valence-electron chi connectivity index (χ3n) is 5.09. The Hall–Kier alpha value is -2.60. The molecule has 5 nitrogen and oxygen atoms in total. The molecule has 28 heavy (non-hydrogen) atoms. The molecule has 0 unspecified atom stereocenters. The van der Waals surface area contributed by atoms with Crippen molar-refractivity contribution in [1.82, 2.24) is 10.2 Å². The van der Waals surface area contributed by atoms with E-state index in [0.29, 0.717) is 13.0 Å². The maximum atomic E-state index is 12.9. The fourth-order valence-corrected chi connectivity index (χ4v) is 3.37. The van der Waals surface area contributed by atoms with E-state index < -0.39 is 0 Å². The summed E-state index contributed by atoms with van der Waals surface area (Å²) in [6.45, 7) is 4.63. The Labute approximate surface area is 166 Å². The first-order valence-corrected chi connectivity index (χ1v) is 9.77. The van der Waals surface area contributed by atoms with Crippen LogP contribution in [0.3, 0.4) is 0 Å². The highest BCUT2D eigenvalue weighted by atomic mass is 19.1. The zero-order chi connectivity index (χ0) is 19.8. The number of halogens is 1. The van der Waals surface area contributed by atoms with Crippen molar-refractivity contribution in [2.75, 3.05) is 51.3 Å². The van der Waals surface area contributed by atoms with Crippen LogP contribution in [0.1, 0.15) is 12.0 Å². The predicted molar refractivity (Wildman–Crippen MR) is 109 cm³/mol. The lowest BCUT2D eigenvalue weighted by atomic mass is 10.1. The summed E-state index contributed by atoms with van der Waals surface area (Å²) in [5.41, 5.74) is 2.25. The minimum atomic E-state index is -0.214. The number of hydrogen-bond donors (Lipinski definition) is 1. The Kier molecular flexibility index (Phi) is 7.25. The van der Waals surface area contributed by atoms with Gasteiger partial charge < -0.3 is 19.9 Å². The van der Waals surface area contributed by atoms with Gasteiger partial charge in [-0.25, -0.2) is 4.39 Å².